The molecule has 0 bridgehead atoms. The summed E-state index contributed by atoms with van der Waals surface area (Å²) < 4.78 is 0. The molecule has 0 saturated carbocycles. The number of rotatable bonds is 0. The summed E-state index contributed by atoms with van der Waals surface area (Å²) in [5.74, 6) is 0. The molecule has 0 aliphatic rings. The average Bonchev–Trinajstić information content (AvgIpc) is 0. The van der Waals surface area contributed by atoms with Gasteiger partial charge in [-0.25, -0.2) is 0 Å². The van der Waals surface area contributed by atoms with Gasteiger partial charge in [0, 0.05) is 87.2 Å². The Balaban J connectivity index is 0. The number of hydrogen-bond acceptors (Lipinski definition) is 0. The van der Waals surface area contributed by atoms with Crippen LogP contribution in [0.4, 0.5) is 0 Å². The molecule has 0 saturated heterocycles. The van der Waals surface area contributed by atoms with E-state index in [-0.39, 0.29) is 95.6 Å². The first-order valence-corrected chi connectivity index (χ1v) is 0. The third-order valence-corrected chi connectivity index (χ3v) is 0. The molecule has 0 fully saturated rings. The quantitative estimate of drug-likeness (QED) is 0.485. The van der Waals surface area contributed by atoms with Gasteiger partial charge in [0.15, 0.2) is 0 Å². The van der Waals surface area contributed by atoms with Crippen LogP contribution in [0.3, 0.4) is 0 Å². The minimum Gasteiger partial charge on any atom is 0 e. The van der Waals surface area contributed by atoms with Crippen LogP contribution in [-0.2, 0) is 87.2 Å². The molecule has 6 heteroatoms. The zero-order valence-electron chi connectivity index (χ0n) is 1.73. The molecule has 0 unspecified atom stereocenters. The Morgan fingerprint density at radius 2 is 0.667 bits per heavy atom. The molecule has 0 N–H and O–H groups in total. The van der Waals surface area contributed by atoms with Gasteiger partial charge in [0.05, 0.1) is 8.41 Å². The van der Waals surface area contributed by atoms with E-state index in [2.05, 4.69) is 0 Å². The molecule has 2 radical (unpaired) electrons. The molecule has 0 aromatic heterocycles. The maximum Gasteiger partial charge on any atom is 0.0814 e. The summed E-state index contributed by atoms with van der Waals surface area (Å²) in [7, 11) is 0. The third kappa shape index (κ3) is 29.6. The predicted octanol–water partition coefficient (Wildman–Crippen LogP) is -1.20. The third-order valence-electron chi connectivity index (χ3n) is 0. The summed E-state index contributed by atoms with van der Waals surface area (Å²) in [6.45, 7) is 0. The maximum absolute atomic E-state index is 0. The summed E-state index contributed by atoms with van der Waals surface area (Å²) in [5, 5.41) is 0. The van der Waals surface area contributed by atoms with Gasteiger partial charge in [-0.3, -0.25) is 0 Å². The Bertz CT molecular complexity index is 11.5. The smallest absolute Gasteiger partial charge is 0 e. The van der Waals surface area contributed by atoms with E-state index < -0.39 is 0 Å². The Hall–Kier alpha value is 2.74. The van der Waals surface area contributed by atoms with Crippen LogP contribution in [0.25, 0.3) is 0 Å². The van der Waals surface area contributed by atoms with Crippen molar-refractivity contribution in [2.24, 2.45) is 0 Å². The fourth-order valence-corrected chi connectivity index (χ4v) is 0. The van der Waals surface area contributed by atoms with E-state index in [0.717, 1.165) is 0 Å². The van der Waals surface area contributed by atoms with Gasteiger partial charge in [-0.15, -0.1) is 0 Å². The summed E-state index contributed by atoms with van der Waals surface area (Å²) in [6, 6.07) is 0. The van der Waals surface area contributed by atoms with Crippen molar-refractivity contribution in [2.45, 2.75) is 0 Å². The van der Waals surface area contributed by atoms with Gasteiger partial charge in [0.1, 0.15) is 0 Å². The Morgan fingerprint density at radius 3 is 0.667 bits per heavy atom. The van der Waals surface area contributed by atoms with Gasteiger partial charge in [-0.1, -0.05) is 0 Å². The van der Waals surface area contributed by atoms with E-state index in [9.17, 15) is 0 Å². The van der Waals surface area contributed by atoms with Crippen LogP contribution in [0.15, 0.2) is 0 Å². The monoisotopic (exact) mass is 346 g/mol. The van der Waals surface area contributed by atoms with Gasteiger partial charge in [-0.2, -0.15) is 0 Å². The fourth-order valence-electron chi connectivity index (χ4n) is 0. The van der Waals surface area contributed by atoms with Crippen LogP contribution in [0, 0.1) is 0 Å². The molecule has 0 nitrogen and oxygen atoms in total. The molecule has 0 amide bonds. The van der Waals surface area contributed by atoms with Crippen molar-refractivity contribution in [2.75, 3.05) is 0 Å². The molecule has 0 aromatic carbocycles. The second-order valence-electron chi connectivity index (χ2n) is 0. The molecule has 0 spiro atoms. The summed E-state index contributed by atoms with van der Waals surface area (Å²) >= 11 is 0. The van der Waals surface area contributed by atoms with Crippen LogP contribution >= 0.6 is 0 Å². The van der Waals surface area contributed by atoms with Crippen LogP contribution in [0.1, 0.15) is 0 Å². The van der Waals surface area contributed by atoms with Crippen LogP contribution in [-0.4, -0.2) is 8.41 Å². The van der Waals surface area contributed by atoms with Gasteiger partial charge in [0.2, 0.25) is 0 Å². The van der Waals surface area contributed by atoms with Crippen molar-refractivity contribution in [1.29, 1.82) is 0 Å². The second kappa shape index (κ2) is 46.8. The fraction of sp³-hybridized carbons (Fsp3) is 0. The van der Waals surface area contributed by atoms with E-state index in [4.69, 9.17) is 0 Å². The molecule has 0 aromatic rings. The summed E-state index contributed by atoms with van der Waals surface area (Å²) in [4.78, 5) is 0. The maximum atomic E-state index is 0. The SMILES string of the molecule is B.[Co].[Co].[Fe].[Fe].[Ru]. The largest absolute Gasteiger partial charge is 0.0814 e. The van der Waals surface area contributed by atoms with Crippen molar-refractivity contribution in [3.05, 3.63) is 0 Å². The van der Waals surface area contributed by atoms with E-state index in [1.165, 1.54) is 0 Å². The van der Waals surface area contributed by atoms with E-state index in [0.29, 0.717) is 0 Å². The molecule has 48 valence electrons. The molecule has 0 atom stereocenters. The zero-order valence-corrected chi connectivity index (χ0v) is 7.76. The molecular formula is H3BCo2Fe2Ru. The zero-order chi connectivity index (χ0) is 0. The Labute approximate surface area is 94.4 Å². The first-order valence-electron chi connectivity index (χ1n) is 0. The average molecular weight is 344 g/mol. The van der Waals surface area contributed by atoms with Crippen molar-refractivity contribution >= 4 is 8.41 Å². The van der Waals surface area contributed by atoms with E-state index in [1.54, 1.807) is 0 Å². The van der Waals surface area contributed by atoms with Gasteiger partial charge in [-0.05, 0) is 0 Å². The van der Waals surface area contributed by atoms with Crippen molar-refractivity contribution < 1.29 is 87.2 Å². The minimum atomic E-state index is 0. The normalized spacial score (nSPS) is 0. The van der Waals surface area contributed by atoms with E-state index >= 15 is 0 Å². The van der Waals surface area contributed by atoms with Crippen molar-refractivity contribution in [3.8, 4) is 0 Å². The summed E-state index contributed by atoms with van der Waals surface area (Å²) in [6.07, 6.45) is 0. The van der Waals surface area contributed by atoms with Crippen molar-refractivity contribution in [3.63, 3.8) is 0 Å². The molecule has 0 heterocycles. The Morgan fingerprint density at radius 1 is 0.667 bits per heavy atom. The first kappa shape index (κ1) is 69.7. The molecule has 0 aliphatic heterocycles. The second-order valence-corrected chi connectivity index (χ2v) is 0. The van der Waals surface area contributed by atoms with Gasteiger partial charge in [0.25, 0.3) is 0 Å². The molecule has 6 heavy (non-hydrogen) atoms. The predicted molar refractivity (Wildman–Crippen MR) is 9.94 cm³/mol. The van der Waals surface area contributed by atoms with Crippen LogP contribution in [0.5, 0.6) is 0 Å². The molecule has 0 rings (SSSR count). The first-order chi connectivity index (χ1) is 0. The standard InChI is InChI=1S/BH3.2Co.2Fe.Ru/h1H3;;;;;. The minimum absolute atomic E-state index is 0. The van der Waals surface area contributed by atoms with Crippen LogP contribution in [0.2, 0.25) is 0 Å². The van der Waals surface area contributed by atoms with Gasteiger partial charge < -0.3 is 0 Å². The van der Waals surface area contributed by atoms with E-state index in [1.807, 2.05) is 0 Å². The van der Waals surface area contributed by atoms with Crippen LogP contribution < -0.4 is 0 Å². The molecular weight excluding hydrogens is 341 g/mol. The van der Waals surface area contributed by atoms with Crippen molar-refractivity contribution in [1.82, 2.24) is 0 Å². The number of hydrogen-bond donors (Lipinski definition) is 0. The van der Waals surface area contributed by atoms with Gasteiger partial charge >= 0.3 is 0 Å². The Kier molecular flexibility index (Phi) is 544. The topological polar surface area (TPSA) is 0 Å². The summed E-state index contributed by atoms with van der Waals surface area (Å²) in [5.41, 5.74) is 0. The molecule has 0 aliphatic carbocycles.